The first-order chi connectivity index (χ1) is 7.58. The molecule has 0 radical (unpaired) electrons. The summed E-state index contributed by atoms with van der Waals surface area (Å²) in [4.78, 5) is 0. The van der Waals surface area contributed by atoms with E-state index in [4.69, 9.17) is 0 Å². The summed E-state index contributed by atoms with van der Waals surface area (Å²) in [6.45, 7) is 6.67. The molecule has 1 aromatic rings. The molecule has 0 amide bonds. The van der Waals surface area contributed by atoms with Crippen LogP contribution in [0.25, 0.3) is 0 Å². The van der Waals surface area contributed by atoms with Crippen LogP contribution in [0.4, 0.5) is 0 Å². The number of hydrogen-bond donors (Lipinski definition) is 1. The summed E-state index contributed by atoms with van der Waals surface area (Å²) >= 11 is 7.08. The van der Waals surface area contributed by atoms with Crippen LogP contribution in [0.2, 0.25) is 0 Å². The molecule has 1 unspecified atom stereocenters. The lowest BCUT2D eigenvalue weighted by Crippen LogP contribution is -2.30. The second-order valence-corrected chi connectivity index (χ2v) is 5.84. The molecule has 0 heterocycles. The first-order valence-corrected chi connectivity index (χ1v) is 7.38. The quantitative estimate of drug-likeness (QED) is 0.784. The van der Waals surface area contributed by atoms with E-state index in [0.717, 1.165) is 8.95 Å². The van der Waals surface area contributed by atoms with Crippen molar-refractivity contribution in [1.82, 2.24) is 5.32 Å². The fourth-order valence-corrected chi connectivity index (χ4v) is 3.21. The van der Waals surface area contributed by atoms with E-state index < -0.39 is 0 Å². The van der Waals surface area contributed by atoms with Gasteiger partial charge >= 0.3 is 0 Å². The first-order valence-electron chi connectivity index (χ1n) is 5.79. The zero-order valence-electron chi connectivity index (χ0n) is 10.1. The minimum absolute atomic E-state index is 0.382. The molecule has 0 aliphatic carbocycles. The molecule has 1 rings (SSSR count). The van der Waals surface area contributed by atoms with Crippen LogP contribution < -0.4 is 5.32 Å². The highest BCUT2D eigenvalue weighted by molar-refractivity contribution is 9.11. The third-order valence-electron chi connectivity index (χ3n) is 2.90. The van der Waals surface area contributed by atoms with Crippen molar-refractivity contribution < 1.29 is 0 Å². The van der Waals surface area contributed by atoms with Gasteiger partial charge in [-0.05, 0) is 37.5 Å². The van der Waals surface area contributed by atoms with Gasteiger partial charge in [-0.1, -0.05) is 51.8 Å². The average molecular weight is 349 g/mol. The molecule has 1 aromatic carbocycles. The van der Waals surface area contributed by atoms with E-state index in [1.807, 2.05) is 0 Å². The third kappa shape index (κ3) is 3.86. The maximum Gasteiger partial charge on any atom is 0.0305 e. The van der Waals surface area contributed by atoms with Gasteiger partial charge in [-0.3, -0.25) is 0 Å². The summed E-state index contributed by atoms with van der Waals surface area (Å²) in [5.41, 5.74) is 1.31. The van der Waals surface area contributed by atoms with E-state index in [1.54, 1.807) is 0 Å². The zero-order chi connectivity index (χ0) is 12.1. The second kappa shape index (κ2) is 6.77. The lowest BCUT2D eigenvalue weighted by atomic mass is 10.1. The predicted octanol–water partition coefficient (Wildman–Crippen LogP) is 5.05. The van der Waals surface area contributed by atoms with Gasteiger partial charge in [0.1, 0.15) is 0 Å². The Bertz CT molecular complexity index is 335. The minimum atomic E-state index is 0.382. The largest absolute Gasteiger partial charge is 0.307 e. The molecule has 1 nitrogen and oxygen atoms in total. The molecule has 90 valence electrons. The van der Waals surface area contributed by atoms with E-state index in [1.165, 1.54) is 18.4 Å². The van der Waals surface area contributed by atoms with Crippen molar-refractivity contribution in [3.63, 3.8) is 0 Å². The van der Waals surface area contributed by atoms with Gasteiger partial charge in [0.2, 0.25) is 0 Å². The second-order valence-electron chi connectivity index (χ2n) is 4.07. The summed E-state index contributed by atoms with van der Waals surface area (Å²) < 4.78 is 2.27. The number of rotatable bonds is 5. The fraction of sp³-hybridized carbons (Fsp3) is 0.538. The van der Waals surface area contributed by atoms with Gasteiger partial charge in [-0.25, -0.2) is 0 Å². The molecule has 16 heavy (non-hydrogen) atoms. The summed E-state index contributed by atoms with van der Waals surface area (Å²) in [5, 5.41) is 3.65. The molecule has 0 aromatic heterocycles. The number of benzene rings is 1. The predicted molar refractivity (Wildman–Crippen MR) is 77.8 cm³/mol. The van der Waals surface area contributed by atoms with Crippen LogP contribution in [-0.2, 0) is 0 Å². The Morgan fingerprint density at radius 1 is 1.19 bits per heavy atom. The van der Waals surface area contributed by atoms with Crippen molar-refractivity contribution in [3.8, 4) is 0 Å². The monoisotopic (exact) mass is 347 g/mol. The van der Waals surface area contributed by atoms with Crippen LogP contribution >= 0.6 is 31.9 Å². The van der Waals surface area contributed by atoms with E-state index in [-0.39, 0.29) is 0 Å². The topological polar surface area (TPSA) is 12.0 Å². The number of halogens is 2. The van der Waals surface area contributed by atoms with Crippen LogP contribution in [0.1, 0.15) is 45.2 Å². The van der Waals surface area contributed by atoms with Crippen LogP contribution in [0.15, 0.2) is 27.1 Å². The maximum atomic E-state index is 3.65. The summed E-state index contributed by atoms with van der Waals surface area (Å²) in [6.07, 6.45) is 2.35. The van der Waals surface area contributed by atoms with Crippen molar-refractivity contribution in [2.24, 2.45) is 0 Å². The van der Waals surface area contributed by atoms with E-state index in [0.29, 0.717) is 12.1 Å². The number of nitrogens with one attached hydrogen (secondary N) is 1. The Morgan fingerprint density at radius 3 is 2.31 bits per heavy atom. The van der Waals surface area contributed by atoms with Gasteiger partial charge in [-0.15, -0.1) is 0 Å². The highest BCUT2D eigenvalue weighted by atomic mass is 79.9. The number of hydrogen-bond acceptors (Lipinski definition) is 1. The lowest BCUT2D eigenvalue weighted by molar-refractivity contribution is 0.432. The SMILES string of the molecule is CCC(CC)NC(C)c1ccc(Br)cc1Br. The molecule has 0 aliphatic heterocycles. The molecule has 3 heteroatoms. The summed E-state index contributed by atoms with van der Waals surface area (Å²) in [5.74, 6) is 0. The molecular weight excluding hydrogens is 330 g/mol. The highest BCUT2D eigenvalue weighted by Gasteiger charge is 2.12. The van der Waals surface area contributed by atoms with Crippen molar-refractivity contribution in [3.05, 3.63) is 32.7 Å². The Hall–Kier alpha value is 0.140. The molecule has 0 spiro atoms. The van der Waals surface area contributed by atoms with Crippen LogP contribution in [-0.4, -0.2) is 6.04 Å². The van der Waals surface area contributed by atoms with Crippen molar-refractivity contribution in [2.75, 3.05) is 0 Å². The zero-order valence-corrected chi connectivity index (χ0v) is 13.2. The van der Waals surface area contributed by atoms with Crippen molar-refractivity contribution in [2.45, 2.75) is 45.7 Å². The van der Waals surface area contributed by atoms with Gasteiger partial charge in [0, 0.05) is 21.0 Å². The summed E-state index contributed by atoms with van der Waals surface area (Å²) in [6, 6.07) is 7.33. The average Bonchev–Trinajstić information content (AvgIpc) is 2.25. The summed E-state index contributed by atoms with van der Waals surface area (Å²) in [7, 11) is 0. The van der Waals surface area contributed by atoms with Crippen LogP contribution in [0, 0.1) is 0 Å². The Labute approximate surface area is 115 Å². The van der Waals surface area contributed by atoms with E-state index in [2.05, 4.69) is 76.1 Å². The van der Waals surface area contributed by atoms with E-state index >= 15 is 0 Å². The Kier molecular flexibility index (Phi) is 6.01. The Morgan fingerprint density at radius 2 is 1.81 bits per heavy atom. The maximum absolute atomic E-state index is 3.65. The van der Waals surface area contributed by atoms with Gasteiger partial charge in [-0.2, -0.15) is 0 Å². The normalized spacial score (nSPS) is 13.1. The van der Waals surface area contributed by atoms with Crippen molar-refractivity contribution in [1.29, 1.82) is 0 Å². The molecule has 0 bridgehead atoms. The van der Waals surface area contributed by atoms with Gasteiger partial charge in [0.05, 0.1) is 0 Å². The fourth-order valence-electron chi connectivity index (χ4n) is 1.82. The molecule has 1 N–H and O–H groups in total. The van der Waals surface area contributed by atoms with Gasteiger partial charge in [0.15, 0.2) is 0 Å². The van der Waals surface area contributed by atoms with E-state index in [9.17, 15) is 0 Å². The van der Waals surface area contributed by atoms with Gasteiger partial charge < -0.3 is 5.32 Å². The minimum Gasteiger partial charge on any atom is -0.307 e. The molecule has 0 saturated heterocycles. The van der Waals surface area contributed by atoms with Crippen LogP contribution in [0.5, 0.6) is 0 Å². The molecule has 0 saturated carbocycles. The molecular formula is C13H19Br2N. The lowest BCUT2D eigenvalue weighted by Gasteiger charge is -2.22. The van der Waals surface area contributed by atoms with Crippen molar-refractivity contribution >= 4 is 31.9 Å². The third-order valence-corrected chi connectivity index (χ3v) is 4.08. The highest BCUT2D eigenvalue weighted by Crippen LogP contribution is 2.27. The Balaban J connectivity index is 2.76. The van der Waals surface area contributed by atoms with Crippen LogP contribution in [0.3, 0.4) is 0 Å². The standard InChI is InChI=1S/C13H19Br2N/c1-4-11(5-2)16-9(3)12-7-6-10(14)8-13(12)15/h6-9,11,16H,4-5H2,1-3H3. The molecule has 0 aliphatic rings. The molecule has 1 atom stereocenters. The smallest absolute Gasteiger partial charge is 0.0305 e. The van der Waals surface area contributed by atoms with Gasteiger partial charge in [0.25, 0.3) is 0 Å². The first kappa shape index (κ1) is 14.2. The molecule has 0 fully saturated rings.